The topological polar surface area (TPSA) is 58.8 Å². The van der Waals surface area contributed by atoms with Crippen LogP contribution < -0.4 is 10.6 Å². The van der Waals surface area contributed by atoms with E-state index >= 15 is 0 Å². The van der Waals surface area contributed by atoms with Crippen LogP contribution in [0.5, 0.6) is 0 Å². The third kappa shape index (κ3) is 6.21. The van der Waals surface area contributed by atoms with Crippen LogP contribution in [0.3, 0.4) is 0 Å². The predicted molar refractivity (Wildman–Crippen MR) is 84.4 cm³/mol. The molecule has 1 fully saturated rings. The molecule has 1 aromatic heterocycles. The summed E-state index contributed by atoms with van der Waals surface area (Å²) in [5.74, 6) is 1.81. The highest BCUT2D eigenvalue weighted by Crippen LogP contribution is 2.17. The number of furan rings is 1. The summed E-state index contributed by atoms with van der Waals surface area (Å²) in [5, 5.41) is 6.82. The standard InChI is InChI=1S/C16H27N3O2/c1-2-17-16(19-14-7-3-4-8-14)18-10-6-11-20-13-15-9-5-12-21-15/h5,9,12,14H,2-4,6-8,10-11,13H2,1H3,(H2,17,18,19). The number of hydrogen-bond acceptors (Lipinski definition) is 3. The quantitative estimate of drug-likeness (QED) is 0.439. The molecule has 5 heteroatoms. The second kappa shape index (κ2) is 9.45. The van der Waals surface area contributed by atoms with E-state index in [1.807, 2.05) is 12.1 Å². The molecule has 2 rings (SSSR count). The van der Waals surface area contributed by atoms with Gasteiger partial charge in [0.25, 0.3) is 0 Å². The molecule has 2 N–H and O–H groups in total. The molecule has 0 unspecified atom stereocenters. The van der Waals surface area contributed by atoms with Gasteiger partial charge in [0.15, 0.2) is 5.96 Å². The first kappa shape index (κ1) is 15.9. The Morgan fingerprint density at radius 3 is 3.00 bits per heavy atom. The van der Waals surface area contributed by atoms with Crippen molar-refractivity contribution in [2.45, 2.75) is 51.7 Å². The Balaban J connectivity index is 1.60. The first-order valence-corrected chi connectivity index (χ1v) is 8.03. The van der Waals surface area contributed by atoms with E-state index in [2.05, 4.69) is 22.5 Å². The van der Waals surface area contributed by atoms with Gasteiger partial charge in [-0.05, 0) is 38.3 Å². The van der Waals surface area contributed by atoms with Gasteiger partial charge in [-0.15, -0.1) is 0 Å². The van der Waals surface area contributed by atoms with Crippen molar-refractivity contribution < 1.29 is 9.15 Å². The first-order chi connectivity index (χ1) is 10.4. The van der Waals surface area contributed by atoms with Crippen molar-refractivity contribution in [3.05, 3.63) is 24.2 Å². The van der Waals surface area contributed by atoms with Crippen LogP contribution in [0.1, 0.15) is 44.8 Å². The summed E-state index contributed by atoms with van der Waals surface area (Å²) in [6.45, 7) is 5.01. The van der Waals surface area contributed by atoms with Crippen molar-refractivity contribution >= 4 is 5.96 Å². The maximum absolute atomic E-state index is 5.55. The molecule has 0 radical (unpaired) electrons. The lowest BCUT2D eigenvalue weighted by molar-refractivity contribution is 0.105. The molecule has 0 bridgehead atoms. The minimum atomic E-state index is 0.539. The second-order valence-corrected chi connectivity index (χ2v) is 5.37. The largest absolute Gasteiger partial charge is 0.467 e. The molecule has 5 nitrogen and oxygen atoms in total. The summed E-state index contributed by atoms with van der Waals surface area (Å²) < 4.78 is 10.8. The summed E-state index contributed by atoms with van der Waals surface area (Å²) in [6.07, 6.45) is 7.77. The van der Waals surface area contributed by atoms with E-state index in [9.17, 15) is 0 Å². The van der Waals surface area contributed by atoms with Crippen molar-refractivity contribution in [3.8, 4) is 0 Å². The van der Waals surface area contributed by atoms with E-state index in [1.165, 1.54) is 25.7 Å². The zero-order chi connectivity index (χ0) is 14.8. The van der Waals surface area contributed by atoms with Gasteiger partial charge >= 0.3 is 0 Å². The summed E-state index contributed by atoms with van der Waals surface area (Å²) in [7, 11) is 0. The Morgan fingerprint density at radius 1 is 1.43 bits per heavy atom. The first-order valence-electron chi connectivity index (χ1n) is 8.03. The molecule has 1 aliphatic rings. The van der Waals surface area contributed by atoms with Gasteiger partial charge in [-0.3, -0.25) is 4.99 Å². The molecule has 0 aromatic carbocycles. The fourth-order valence-electron chi connectivity index (χ4n) is 2.51. The van der Waals surface area contributed by atoms with Crippen molar-refractivity contribution in [3.63, 3.8) is 0 Å². The highest BCUT2D eigenvalue weighted by Gasteiger charge is 2.15. The van der Waals surface area contributed by atoms with Crippen LogP contribution in [0.15, 0.2) is 27.8 Å². The lowest BCUT2D eigenvalue weighted by atomic mass is 10.2. The fourth-order valence-corrected chi connectivity index (χ4v) is 2.51. The van der Waals surface area contributed by atoms with E-state index in [-0.39, 0.29) is 0 Å². The van der Waals surface area contributed by atoms with Crippen LogP contribution in [0.25, 0.3) is 0 Å². The zero-order valence-electron chi connectivity index (χ0n) is 12.9. The summed E-state index contributed by atoms with van der Waals surface area (Å²) >= 11 is 0. The number of hydrogen-bond donors (Lipinski definition) is 2. The number of aliphatic imine (C=N–C) groups is 1. The molecule has 1 saturated carbocycles. The average Bonchev–Trinajstić information content (AvgIpc) is 3.16. The van der Waals surface area contributed by atoms with Crippen LogP contribution in [-0.2, 0) is 11.3 Å². The molecule has 0 spiro atoms. The summed E-state index contributed by atoms with van der Waals surface area (Å²) in [6, 6.07) is 4.39. The normalized spacial score (nSPS) is 16.3. The lowest BCUT2D eigenvalue weighted by Crippen LogP contribution is -2.42. The molecule has 1 aromatic rings. The molecule has 0 aliphatic heterocycles. The maximum Gasteiger partial charge on any atom is 0.191 e. The Kier molecular flexibility index (Phi) is 7.15. The van der Waals surface area contributed by atoms with Crippen LogP contribution in [0, 0.1) is 0 Å². The van der Waals surface area contributed by atoms with Gasteiger partial charge in [0.05, 0.1) is 6.26 Å². The lowest BCUT2D eigenvalue weighted by Gasteiger charge is -2.16. The number of nitrogens with zero attached hydrogens (tertiary/aromatic N) is 1. The minimum Gasteiger partial charge on any atom is -0.467 e. The molecule has 0 amide bonds. The minimum absolute atomic E-state index is 0.539. The highest BCUT2D eigenvalue weighted by molar-refractivity contribution is 5.80. The summed E-state index contributed by atoms with van der Waals surface area (Å²) in [5.41, 5.74) is 0. The third-order valence-corrected chi connectivity index (χ3v) is 3.58. The van der Waals surface area contributed by atoms with Gasteiger partial charge in [0.1, 0.15) is 12.4 Å². The van der Waals surface area contributed by atoms with Crippen molar-refractivity contribution in [1.82, 2.24) is 10.6 Å². The molecular formula is C16H27N3O2. The van der Waals surface area contributed by atoms with Crippen LogP contribution in [0.4, 0.5) is 0 Å². The second-order valence-electron chi connectivity index (χ2n) is 5.37. The Hall–Kier alpha value is -1.49. The van der Waals surface area contributed by atoms with E-state index in [4.69, 9.17) is 9.15 Å². The van der Waals surface area contributed by atoms with Gasteiger partial charge in [-0.1, -0.05) is 12.8 Å². The van der Waals surface area contributed by atoms with Gasteiger partial charge < -0.3 is 19.8 Å². The van der Waals surface area contributed by atoms with Gasteiger partial charge in [-0.2, -0.15) is 0 Å². The van der Waals surface area contributed by atoms with Gasteiger partial charge in [-0.25, -0.2) is 0 Å². The zero-order valence-corrected chi connectivity index (χ0v) is 12.9. The fraction of sp³-hybridized carbons (Fsp3) is 0.688. The third-order valence-electron chi connectivity index (χ3n) is 3.58. The van der Waals surface area contributed by atoms with E-state index in [0.717, 1.165) is 31.2 Å². The Labute approximate surface area is 127 Å². The Bertz CT molecular complexity index is 398. The molecule has 0 atom stereocenters. The molecule has 1 heterocycles. The molecule has 0 saturated heterocycles. The van der Waals surface area contributed by atoms with Crippen LogP contribution >= 0.6 is 0 Å². The molecular weight excluding hydrogens is 266 g/mol. The number of rotatable bonds is 8. The summed E-state index contributed by atoms with van der Waals surface area (Å²) in [4.78, 5) is 4.60. The van der Waals surface area contributed by atoms with Gasteiger partial charge in [0.2, 0.25) is 0 Å². The predicted octanol–water partition coefficient (Wildman–Crippen LogP) is 2.68. The van der Waals surface area contributed by atoms with Crippen molar-refractivity contribution in [2.24, 2.45) is 4.99 Å². The number of guanidine groups is 1. The molecule has 118 valence electrons. The molecule has 1 aliphatic carbocycles. The Morgan fingerprint density at radius 2 is 2.29 bits per heavy atom. The number of ether oxygens (including phenoxy) is 1. The van der Waals surface area contributed by atoms with Crippen molar-refractivity contribution in [2.75, 3.05) is 19.7 Å². The van der Waals surface area contributed by atoms with E-state index < -0.39 is 0 Å². The number of nitrogens with one attached hydrogen (secondary N) is 2. The monoisotopic (exact) mass is 293 g/mol. The van der Waals surface area contributed by atoms with Crippen LogP contribution in [-0.4, -0.2) is 31.7 Å². The molecule has 21 heavy (non-hydrogen) atoms. The van der Waals surface area contributed by atoms with Crippen LogP contribution in [0.2, 0.25) is 0 Å². The van der Waals surface area contributed by atoms with E-state index in [1.54, 1.807) is 6.26 Å². The van der Waals surface area contributed by atoms with E-state index in [0.29, 0.717) is 19.3 Å². The average molecular weight is 293 g/mol. The van der Waals surface area contributed by atoms with Gasteiger partial charge in [0, 0.05) is 25.7 Å². The SMILES string of the molecule is CCNC(=NCCCOCc1ccco1)NC1CCCC1. The maximum atomic E-state index is 5.55. The smallest absolute Gasteiger partial charge is 0.191 e. The van der Waals surface area contributed by atoms with Crippen molar-refractivity contribution in [1.29, 1.82) is 0 Å². The highest BCUT2D eigenvalue weighted by atomic mass is 16.5.